The van der Waals surface area contributed by atoms with Gasteiger partial charge in [-0.05, 0) is 93.5 Å². The van der Waals surface area contributed by atoms with E-state index in [0.29, 0.717) is 0 Å². The summed E-state index contributed by atoms with van der Waals surface area (Å²) in [6, 6.07) is 60.7. The highest BCUT2D eigenvalue weighted by Crippen LogP contribution is 2.55. The van der Waals surface area contributed by atoms with Crippen molar-refractivity contribution in [2.24, 2.45) is 0 Å². The summed E-state index contributed by atoms with van der Waals surface area (Å²) in [5.74, 6) is 0.955. The molecule has 1 aliphatic carbocycles. The molecule has 0 radical (unpaired) electrons. The van der Waals surface area contributed by atoms with Gasteiger partial charge in [0.05, 0.1) is 18.0 Å². The molecule has 256 valence electrons. The summed E-state index contributed by atoms with van der Waals surface area (Å²) in [6.07, 6.45) is 8.88. The molecule has 2 atom stereocenters. The van der Waals surface area contributed by atoms with Gasteiger partial charge in [-0.2, -0.15) is 0 Å². The highest BCUT2D eigenvalue weighted by Gasteiger charge is 2.41. The molecule has 2 aromatic heterocycles. The molecule has 4 heteroatoms. The van der Waals surface area contributed by atoms with Crippen molar-refractivity contribution in [2.75, 3.05) is 9.80 Å². The van der Waals surface area contributed by atoms with Gasteiger partial charge in [-0.25, -0.2) is 0 Å². The number of allylic oxidation sites excluding steroid dienone is 1. The van der Waals surface area contributed by atoms with E-state index >= 15 is 0 Å². The van der Waals surface area contributed by atoms with Gasteiger partial charge >= 0.3 is 0 Å². The van der Waals surface area contributed by atoms with Gasteiger partial charge in [0, 0.05) is 51.8 Å². The van der Waals surface area contributed by atoms with Crippen LogP contribution in [0, 0.1) is 0 Å². The van der Waals surface area contributed by atoms with Gasteiger partial charge in [-0.3, -0.25) is 0 Å². The Morgan fingerprint density at radius 2 is 1.11 bits per heavy atom. The predicted molar refractivity (Wildman–Crippen MR) is 222 cm³/mol. The number of nitrogens with zero attached hydrogens (tertiary/aromatic N) is 2. The summed E-state index contributed by atoms with van der Waals surface area (Å²) in [7, 11) is 0. The standard InChI is InChI=1S/C50H34N2O2/c1-3-11-33(12-4-1)34-19-23-37(24-20-34)51(38-25-21-35(22-26-38)47-32-48-46(54-47)29-30-53-48)39-27-28-44-45(31-39)52(36-13-5-2-6-14-36)50-43-18-10-8-16-41(43)40-15-7-9-17-42(40)49(44)50/h1-32,44-45H. The van der Waals surface area contributed by atoms with Gasteiger partial charge in [0.1, 0.15) is 5.76 Å². The van der Waals surface area contributed by atoms with Crippen LogP contribution in [0.15, 0.2) is 209 Å². The summed E-state index contributed by atoms with van der Waals surface area (Å²) >= 11 is 0. The van der Waals surface area contributed by atoms with Crippen LogP contribution < -0.4 is 9.80 Å². The van der Waals surface area contributed by atoms with E-state index in [1.807, 2.05) is 12.1 Å². The molecule has 0 bridgehead atoms. The predicted octanol–water partition coefficient (Wildman–Crippen LogP) is 13.6. The molecule has 3 heterocycles. The van der Waals surface area contributed by atoms with Crippen LogP contribution in [0.5, 0.6) is 0 Å². The molecule has 9 aromatic rings. The molecular formula is C50H34N2O2. The van der Waals surface area contributed by atoms with Gasteiger partial charge in [-0.1, -0.05) is 115 Å². The molecule has 4 nitrogen and oxygen atoms in total. The molecule has 0 spiro atoms. The number of para-hydroxylation sites is 1. The Morgan fingerprint density at radius 1 is 0.519 bits per heavy atom. The first-order valence-electron chi connectivity index (χ1n) is 18.5. The molecule has 11 rings (SSSR count). The topological polar surface area (TPSA) is 32.8 Å². The Morgan fingerprint density at radius 3 is 1.81 bits per heavy atom. The molecular weight excluding hydrogens is 661 g/mol. The monoisotopic (exact) mass is 694 g/mol. The average molecular weight is 695 g/mol. The van der Waals surface area contributed by atoms with E-state index in [-0.39, 0.29) is 12.0 Å². The molecule has 0 saturated heterocycles. The summed E-state index contributed by atoms with van der Waals surface area (Å²) < 4.78 is 11.7. The van der Waals surface area contributed by atoms with Crippen LogP contribution in [0.2, 0.25) is 0 Å². The van der Waals surface area contributed by atoms with Gasteiger partial charge < -0.3 is 18.6 Å². The molecule has 1 aliphatic heterocycles. The van der Waals surface area contributed by atoms with Crippen LogP contribution in [-0.4, -0.2) is 6.04 Å². The van der Waals surface area contributed by atoms with Crippen molar-refractivity contribution in [1.29, 1.82) is 0 Å². The Hall–Kier alpha value is -7.04. The van der Waals surface area contributed by atoms with Crippen LogP contribution in [0.4, 0.5) is 22.7 Å². The Balaban J connectivity index is 1.07. The van der Waals surface area contributed by atoms with E-state index < -0.39 is 0 Å². The molecule has 2 aliphatic rings. The summed E-state index contributed by atoms with van der Waals surface area (Å²) in [4.78, 5) is 4.95. The average Bonchev–Trinajstić information content (AvgIpc) is 3.96. The maximum atomic E-state index is 6.11. The molecule has 0 N–H and O–H groups in total. The summed E-state index contributed by atoms with van der Waals surface area (Å²) in [5.41, 5.74) is 12.0. The highest BCUT2D eigenvalue weighted by atomic mass is 16.4. The first-order chi connectivity index (χ1) is 26.8. The third kappa shape index (κ3) is 4.84. The van der Waals surface area contributed by atoms with E-state index in [4.69, 9.17) is 8.83 Å². The fourth-order valence-electron chi connectivity index (χ4n) is 8.65. The lowest BCUT2D eigenvalue weighted by atomic mass is 9.85. The number of hydrogen-bond acceptors (Lipinski definition) is 4. The van der Waals surface area contributed by atoms with Gasteiger partial charge in [-0.15, -0.1) is 0 Å². The van der Waals surface area contributed by atoms with Crippen molar-refractivity contribution in [1.82, 2.24) is 0 Å². The third-order valence-electron chi connectivity index (χ3n) is 11.1. The van der Waals surface area contributed by atoms with E-state index in [0.717, 1.165) is 39.6 Å². The fraction of sp³-hybridized carbons (Fsp3) is 0.0400. The normalized spacial score (nSPS) is 16.1. The number of anilines is 4. The maximum Gasteiger partial charge on any atom is 0.173 e. The van der Waals surface area contributed by atoms with Crippen molar-refractivity contribution >= 4 is 55.5 Å². The zero-order valence-corrected chi connectivity index (χ0v) is 29.3. The zero-order valence-electron chi connectivity index (χ0n) is 29.3. The minimum absolute atomic E-state index is 0.0561. The lowest BCUT2D eigenvalue weighted by molar-refractivity contribution is 0.612. The Labute approximate surface area is 313 Å². The van der Waals surface area contributed by atoms with Crippen molar-refractivity contribution in [3.63, 3.8) is 0 Å². The fourth-order valence-corrected chi connectivity index (χ4v) is 8.65. The Bertz CT molecular complexity index is 2850. The Kier molecular flexibility index (Phi) is 6.96. The summed E-state index contributed by atoms with van der Waals surface area (Å²) in [5, 5.41) is 5.17. The number of furan rings is 2. The lowest BCUT2D eigenvalue weighted by Crippen LogP contribution is -2.31. The van der Waals surface area contributed by atoms with Crippen molar-refractivity contribution in [2.45, 2.75) is 12.0 Å². The largest absolute Gasteiger partial charge is 0.461 e. The lowest BCUT2D eigenvalue weighted by Gasteiger charge is -2.34. The molecule has 7 aromatic carbocycles. The van der Waals surface area contributed by atoms with E-state index in [2.05, 4.69) is 186 Å². The molecule has 0 fully saturated rings. The number of fused-ring (bicyclic) bond motifs is 9. The van der Waals surface area contributed by atoms with Gasteiger partial charge in [0.15, 0.2) is 11.2 Å². The van der Waals surface area contributed by atoms with Crippen LogP contribution in [0.25, 0.3) is 55.2 Å². The van der Waals surface area contributed by atoms with E-state index in [1.54, 1.807) is 6.26 Å². The van der Waals surface area contributed by atoms with Crippen molar-refractivity contribution in [3.05, 3.63) is 206 Å². The summed E-state index contributed by atoms with van der Waals surface area (Å²) in [6.45, 7) is 0. The van der Waals surface area contributed by atoms with E-state index in [1.165, 1.54) is 49.6 Å². The smallest absolute Gasteiger partial charge is 0.173 e. The van der Waals surface area contributed by atoms with E-state index in [9.17, 15) is 0 Å². The van der Waals surface area contributed by atoms with Gasteiger partial charge in [0.2, 0.25) is 0 Å². The first-order valence-corrected chi connectivity index (χ1v) is 18.5. The third-order valence-corrected chi connectivity index (χ3v) is 11.1. The maximum absolute atomic E-state index is 6.11. The van der Waals surface area contributed by atoms with Crippen molar-refractivity contribution in [3.8, 4) is 22.5 Å². The zero-order chi connectivity index (χ0) is 35.6. The highest BCUT2D eigenvalue weighted by molar-refractivity contribution is 6.17. The number of benzene rings is 7. The van der Waals surface area contributed by atoms with Crippen LogP contribution in [-0.2, 0) is 0 Å². The first kappa shape index (κ1) is 30.6. The molecule has 54 heavy (non-hydrogen) atoms. The second-order valence-corrected chi connectivity index (χ2v) is 14.1. The second kappa shape index (κ2) is 12.3. The number of rotatable bonds is 6. The minimum atomic E-state index is 0.0561. The quantitative estimate of drug-likeness (QED) is 0.162. The van der Waals surface area contributed by atoms with Crippen LogP contribution in [0.3, 0.4) is 0 Å². The molecule has 0 saturated carbocycles. The van der Waals surface area contributed by atoms with Crippen LogP contribution >= 0.6 is 0 Å². The van der Waals surface area contributed by atoms with Crippen molar-refractivity contribution < 1.29 is 8.83 Å². The van der Waals surface area contributed by atoms with Crippen LogP contribution in [0.1, 0.15) is 11.5 Å². The molecule has 0 amide bonds. The number of hydrogen-bond donors (Lipinski definition) is 0. The molecule has 2 unspecified atom stereocenters. The van der Waals surface area contributed by atoms with Gasteiger partial charge in [0.25, 0.3) is 0 Å². The SMILES string of the molecule is C1=CC2c3c(c4ccccc4c4ccccc34)N(c3ccccc3)C2C=C1N(c1ccc(-c2ccccc2)cc1)c1ccc(-c2cc3occc3o2)cc1. The second-order valence-electron chi connectivity index (χ2n) is 14.1. The minimum Gasteiger partial charge on any atom is -0.461 e.